The number of hydrogen-bond donors (Lipinski definition) is 0. The summed E-state index contributed by atoms with van der Waals surface area (Å²) in [6.45, 7) is 2.68. The van der Waals surface area contributed by atoms with Gasteiger partial charge in [0, 0.05) is 12.1 Å². The first-order valence-corrected chi connectivity index (χ1v) is 4.23. The average Bonchev–Trinajstić information content (AvgIpc) is 2.14. The predicted molar refractivity (Wildman–Crippen MR) is 53.9 cm³/mol. The van der Waals surface area contributed by atoms with Crippen molar-refractivity contribution in [3.05, 3.63) is 34.3 Å². The van der Waals surface area contributed by atoms with Gasteiger partial charge in [0.25, 0.3) is 0 Å². The Morgan fingerprint density at radius 2 is 2.00 bits per heavy atom. The molecule has 0 aliphatic carbocycles. The standard InChI is InChI=1S/C9H11ClO.CH3F/c1-7-5-9(10)4-3-8(7)6-11-2;1-2/h3-5H,6H2,1-2H3;1H3. The molecule has 1 rings (SSSR count). The number of benzene rings is 1. The van der Waals surface area contributed by atoms with Crippen LogP contribution in [-0.2, 0) is 11.3 Å². The normalized spacial score (nSPS) is 9.00. The summed E-state index contributed by atoms with van der Waals surface area (Å²) in [7, 11) is 2.19. The van der Waals surface area contributed by atoms with Gasteiger partial charge < -0.3 is 4.74 Å². The molecule has 0 aliphatic rings. The molecule has 74 valence electrons. The lowest BCUT2D eigenvalue weighted by atomic mass is 10.1. The highest BCUT2D eigenvalue weighted by Gasteiger charge is 1.96. The van der Waals surface area contributed by atoms with Crippen LogP contribution >= 0.6 is 11.6 Å². The second kappa shape index (κ2) is 6.87. The fourth-order valence-corrected chi connectivity index (χ4v) is 1.20. The number of alkyl halides is 1. The van der Waals surface area contributed by atoms with Gasteiger partial charge in [-0.1, -0.05) is 17.7 Å². The first-order chi connectivity index (χ1) is 6.24. The summed E-state index contributed by atoms with van der Waals surface area (Å²) in [6, 6.07) is 5.81. The van der Waals surface area contributed by atoms with Crippen LogP contribution in [0.5, 0.6) is 0 Å². The Balaban J connectivity index is 0.000000671. The molecule has 0 unspecified atom stereocenters. The van der Waals surface area contributed by atoms with Crippen molar-refractivity contribution < 1.29 is 9.13 Å². The summed E-state index contributed by atoms with van der Waals surface area (Å²) >= 11 is 5.78. The maximum Gasteiger partial charge on any atom is 0.0785 e. The Hall–Kier alpha value is -0.600. The molecule has 0 radical (unpaired) electrons. The first kappa shape index (κ1) is 12.4. The lowest BCUT2D eigenvalue weighted by Crippen LogP contribution is -1.90. The van der Waals surface area contributed by atoms with Gasteiger partial charge in [-0.2, -0.15) is 0 Å². The Morgan fingerprint density at radius 3 is 2.46 bits per heavy atom. The highest BCUT2D eigenvalue weighted by atomic mass is 35.5. The van der Waals surface area contributed by atoms with Gasteiger partial charge >= 0.3 is 0 Å². The Kier molecular flexibility index (Phi) is 6.55. The van der Waals surface area contributed by atoms with E-state index in [-0.39, 0.29) is 0 Å². The van der Waals surface area contributed by atoms with Crippen LogP contribution in [0.2, 0.25) is 5.02 Å². The van der Waals surface area contributed by atoms with E-state index in [9.17, 15) is 4.39 Å². The van der Waals surface area contributed by atoms with Crippen molar-refractivity contribution in [2.75, 3.05) is 14.3 Å². The van der Waals surface area contributed by atoms with E-state index in [0.717, 1.165) is 5.02 Å². The van der Waals surface area contributed by atoms with Crippen LogP contribution in [0.15, 0.2) is 18.2 Å². The summed E-state index contributed by atoms with van der Waals surface area (Å²) in [5.74, 6) is 0. The highest BCUT2D eigenvalue weighted by Crippen LogP contribution is 2.15. The molecule has 0 aromatic heterocycles. The number of rotatable bonds is 2. The van der Waals surface area contributed by atoms with E-state index >= 15 is 0 Å². The molecule has 13 heavy (non-hydrogen) atoms. The molecule has 1 aromatic rings. The molecule has 0 aliphatic heterocycles. The van der Waals surface area contributed by atoms with E-state index in [2.05, 4.69) is 0 Å². The van der Waals surface area contributed by atoms with Crippen LogP contribution < -0.4 is 0 Å². The van der Waals surface area contributed by atoms with Crippen LogP contribution in [0.1, 0.15) is 11.1 Å². The minimum atomic E-state index is 0.500. The van der Waals surface area contributed by atoms with E-state index in [1.54, 1.807) is 7.11 Å². The molecule has 0 spiro atoms. The molecule has 0 amide bonds. The van der Waals surface area contributed by atoms with E-state index in [0.29, 0.717) is 13.8 Å². The zero-order valence-corrected chi connectivity index (χ0v) is 8.86. The van der Waals surface area contributed by atoms with E-state index < -0.39 is 0 Å². The summed E-state index contributed by atoms with van der Waals surface area (Å²) < 4.78 is 14.5. The molecular weight excluding hydrogens is 191 g/mol. The van der Waals surface area contributed by atoms with Crippen LogP contribution in [0.4, 0.5) is 4.39 Å². The summed E-state index contributed by atoms with van der Waals surface area (Å²) in [5, 5.41) is 0.780. The van der Waals surface area contributed by atoms with Gasteiger partial charge in [0.2, 0.25) is 0 Å². The molecule has 0 heterocycles. The molecule has 0 N–H and O–H groups in total. The smallest absolute Gasteiger partial charge is 0.0785 e. The van der Waals surface area contributed by atoms with Crippen molar-refractivity contribution >= 4 is 11.6 Å². The molecule has 0 bridgehead atoms. The SMILES string of the molecule is CF.COCc1ccc(Cl)cc1C. The fraction of sp³-hybridized carbons (Fsp3) is 0.400. The van der Waals surface area contributed by atoms with Crippen molar-refractivity contribution in [2.45, 2.75) is 13.5 Å². The molecule has 1 nitrogen and oxygen atoms in total. The number of methoxy groups -OCH3 is 1. The second-order valence-corrected chi connectivity index (χ2v) is 2.94. The van der Waals surface area contributed by atoms with Crippen molar-refractivity contribution in [3.63, 3.8) is 0 Å². The molecular formula is C10H14ClFO. The van der Waals surface area contributed by atoms with Gasteiger partial charge in [-0.3, -0.25) is 4.39 Å². The van der Waals surface area contributed by atoms with Crippen molar-refractivity contribution in [2.24, 2.45) is 0 Å². The maximum absolute atomic E-state index is 9.50. The van der Waals surface area contributed by atoms with Gasteiger partial charge in [-0.15, -0.1) is 0 Å². The van der Waals surface area contributed by atoms with E-state index in [4.69, 9.17) is 16.3 Å². The topological polar surface area (TPSA) is 9.23 Å². The van der Waals surface area contributed by atoms with Gasteiger partial charge in [-0.25, -0.2) is 0 Å². The largest absolute Gasteiger partial charge is 0.380 e. The zero-order chi connectivity index (χ0) is 10.3. The predicted octanol–water partition coefficient (Wildman–Crippen LogP) is 3.38. The summed E-state index contributed by atoms with van der Waals surface area (Å²) in [4.78, 5) is 0. The summed E-state index contributed by atoms with van der Waals surface area (Å²) in [6.07, 6.45) is 0. The summed E-state index contributed by atoms with van der Waals surface area (Å²) in [5.41, 5.74) is 2.37. The quantitative estimate of drug-likeness (QED) is 0.718. The first-order valence-electron chi connectivity index (χ1n) is 3.86. The Bertz CT molecular complexity index is 251. The van der Waals surface area contributed by atoms with Crippen LogP contribution in [0.25, 0.3) is 0 Å². The van der Waals surface area contributed by atoms with E-state index in [1.807, 2.05) is 25.1 Å². The van der Waals surface area contributed by atoms with E-state index in [1.165, 1.54) is 11.1 Å². The van der Waals surface area contributed by atoms with Gasteiger partial charge in [0.05, 0.1) is 13.8 Å². The second-order valence-electron chi connectivity index (χ2n) is 2.50. The van der Waals surface area contributed by atoms with Crippen LogP contribution in [0.3, 0.4) is 0 Å². The number of hydrogen-bond acceptors (Lipinski definition) is 1. The minimum Gasteiger partial charge on any atom is -0.380 e. The monoisotopic (exact) mass is 204 g/mol. The van der Waals surface area contributed by atoms with Crippen LogP contribution in [-0.4, -0.2) is 14.3 Å². The Labute approximate surface area is 83.5 Å². The maximum atomic E-state index is 9.50. The molecule has 0 fully saturated rings. The third kappa shape index (κ3) is 4.25. The third-order valence-electron chi connectivity index (χ3n) is 1.60. The van der Waals surface area contributed by atoms with Crippen molar-refractivity contribution in [1.29, 1.82) is 0 Å². The Morgan fingerprint density at radius 1 is 1.38 bits per heavy atom. The third-order valence-corrected chi connectivity index (χ3v) is 1.84. The van der Waals surface area contributed by atoms with Gasteiger partial charge in [0.15, 0.2) is 0 Å². The van der Waals surface area contributed by atoms with Crippen molar-refractivity contribution in [1.82, 2.24) is 0 Å². The zero-order valence-electron chi connectivity index (χ0n) is 8.10. The lowest BCUT2D eigenvalue weighted by Gasteiger charge is -2.03. The molecule has 3 heteroatoms. The molecule has 0 saturated carbocycles. The number of aryl methyl sites for hydroxylation is 1. The number of ether oxygens (including phenoxy) is 1. The van der Waals surface area contributed by atoms with Crippen LogP contribution in [0, 0.1) is 6.92 Å². The molecule has 1 aromatic carbocycles. The highest BCUT2D eigenvalue weighted by molar-refractivity contribution is 6.30. The molecule has 0 atom stereocenters. The average molecular weight is 205 g/mol. The van der Waals surface area contributed by atoms with Crippen molar-refractivity contribution in [3.8, 4) is 0 Å². The lowest BCUT2D eigenvalue weighted by molar-refractivity contribution is 0.184. The van der Waals surface area contributed by atoms with Gasteiger partial charge in [0.1, 0.15) is 0 Å². The number of halogens is 2. The minimum absolute atomic E-state index is 0.500. The van der Waals surface area contributed by atoms with Gasteiger partial charge in [-0.05, 0) is 30.2 Å². The molecule has 0 saturated heterocycles. The fourth-order valence-electron chi connectivity index (χ4n) is 0.977.